The maximum absolute atomic E-state index is 3.70. The van der Waals surface area contributed by atoms with Crippen LogP contribution in [-0.4, -0.2) is 25.2 Å². The quantitative estimate of drug-likeness (QED) is 0.717. The summed E-state index contributed by atoms with van der Waals surface area (Å²) in [6.07, 6.45) is 8.55. The minimum absolute atomic E-state index is 0.736. The molecule has 14 heavy (non-hydrogen) atoms. The van der Waals surface area contributed by atoms with Gasteiger partial charge in [0.2, 0.25) is 0 Å². The molecule has 2 N–H and O–H groups in total. The van der Waals surface area contributed by atoms with Crippen LogP contribution in [0.5, 0.6) is 0 Å². The zero-order chi connectivity index (χ0) is 9.80. The molecule has 2 nitrogen and oxygen atoms in total. The summed E-state index contributed by atoms with van der Waals surface area (Å²) in [4.78, 5) is 0. The molecule has 0 aromatic heterocycles. The molecule has 1 saturated carbocycles. The average Bonchev–Trinajstić information content (AvgIpc) is 2.87. The van der Waals surface area contributed by atoms with Crippen LogP contribution in [0.3, 0.4) is 0 Å². The molecule has 0 spiro atoms. The maximum atomic E-state index is 3.70. The Kier molecular flexibility index (Phi) is 3.82. The Morgan fingerprint density at radius 1 is 1.21 bits per heavy atom. The summed E-state index contributed by atoms with van der Waals surface area (Å²) >= 11 is 0. The molecule has 82 valence electrons. The molecule has 1 saturated heterocycles. The third-order valence-corrected chi connectivity index (χ3v) is 3.96. The highest BCUT2D eigenvalue weighted by atomic mass is 15.0. The van der Waals surface area contributed by atoms with Crippen molar-refractivity contribution in [1.29, 1.82) is 0 Å². The highest BCUT2D eigenvalue weighted by Crippen LogP contribution is 2.27. The van der Waals surface area contributed by atoms with E-state index in [2.05, 4.69) is 17.6 Å². The Labute approximate surface area is 87.8 Å². The average molecular weight is 196 g/mol. The van der Waals surface area contributed by atoms with Crippen molar-refractivity contribution in [3.63, 3.8) is 0 Å². The second-order valence-corrected chi connectivity index (χ2v) is 5.03. The topological polar surface area (TPSA) is 24.1 Å². The van der Waals surface area contributed by atoms with E-state index in [1.165, 1.54) is 51.6 Å². The highest BCUT2D eigenvalue weighted by molar-refractivity contribution is 4.81. The van der Waals surface area contributed by atoms with Gasteiger partial charge in [0.25, 0.3) is 0 Å². The standard InChI is InChI=1S/C12H24N2/c1-10(11-5-2-3-6-11)14-9-12-7-4-8-13-12/h10-14H,2-9H2,1H3/t10-,12?/m0/s1. The summed E-state index contributed by atoms with van der Waals surface area (Å²) in [6.45, 7) is 4.77. The fraction of sp³-hybridized carbons (Fsp3) is 1.00. The van der Waals surface area contributed by atoms with Gasteiger partial charge in [0.1, 0.15) is 0 Å². The molecular formula is C12H24N2. The van der Waals surface area contributed by atoms with Crippen LogP contribution in [-0.2, 0) is 0 Å². The number of rotatable bonds is 4. The molecule has 2 aliphatic rings. The monoisotopic (exact) mass is 196 g/mol. The molecule has 0 aromatic rings. The first-order valence-electron chi connectivity index (χ1n) is 6.33. The van der Waals surface area contributed by atoms with Crippen LogP contribution in [0.4, 0.5) is 0 Å². The van der Waals surface area contributed by atoms with E-state index in [9.17, 15) is 0 Å². The van der Waals surface area contributed by atoms with E-state index in [0.717, 1.165) is 18.0 Å². The van der Waals surface area contributed by atoms with Crippen LogP contribution in [0.25, 0.3) is 0 Å². The van der Waals surface area contributed by atoms with E-state index in [0.29, 0.717) is 0 Å². The van der Waals surface area contributed by atoms with Crippen LogP contribution >= 0.6 is 0 Å². The normalized spacial score (nSPS) is 31.1. The van der Waals surface area contributed by atoms with Gasteiger partial charge >= 0.3 is 0 Å². The van der Waals surface area contributed by atoms with E-state index >= 15 is 0 Å². The molecule has 1 aliphatic carbocycles. The first kappa shape index (κ1) is 10.4. The Morgan fingerprint density at radius 2 is 2.00 bits per heavy atom. The Balaban J connectivity index is 1.63. The summed E-state index contributed by atoms with van der Waals surface area (Å²) in [5.74, 6) is 0.955. The van der Waals surface area contributed by atoms with Gasteiger partial charge in [0, 0.05) is 18.6 Å². The van der Waals surface area contributed by atoms with Crippen LogP contribution < -0.4 is 10.6 Å². The first-order chi connectivity index (χ1) is 6.86. The molecule has 2 fully saturated rings. The van der Waals surface area contributed by atoms with Gasteiger partial charge in [-0.05, 0) is 45.1 Å². The van der Waals surface area contributed by atoms with Crippen LogP contribution in [0.2, 0.25) is 0 Å². The first-order valence-corrected chi connectivity index (χ1v) is 6.33. The second-order valence-electron chi connectivity index (χ2n) is 5.03. The second kappa shape index (κ2) is 5.13. The van der Waals surface area contributed by atoms with Gasteiger partial charge in [0.15, 0.2) is 0 Å². The van der Waals surface area contributed by atoms with E-state index in [-0.39, 0.29) is 0 Å². The van der Waals surface area contributed by atoms with Crippen molar-refractivity contribution in [3.8, 4) is 0 Å². The molecule has 0 bridgehead atoms. The molecule has 2 heteroatoms. The van der Waals surface area contributed by atoms with Crippen molar-refractivity contribution in [3.05, 3.63) is 0 Å². The van der Waals surface area contributed by atoms with Crippen molar-refractivity contribution in [2.24, 2.45) is 5.92 Å². The highest BCUT2D eigenvalue weighted by Gasteiger charge is 2.22. The van der Waals surface area contributed by atoms with Gasteiger partial charge in [-0.25, -0.2) is 0 Å². The predicted molar refractivity (Wildman–Crippen MR) is 60.4 cm³/mol. The number of hydrogen-bond donors (Lipinski definition) is 2. The van der Waals surface area contributed by atoms with Gasteiger partial charge in [0.05, 0.1) is 0 Å². The third-order valence-electron chi connectivity index (χ3n) is 3.96. The molecule has 2 rings (SSSR count). The molecule has 0 aromatic carbocycles. The van der Waals surface area contributed by atoms with E-state index < -0.39 is 0 Å². The third kappa shape index (κ3) is 2.71. The van der Waals surface area contributed by atoms with E-state index in [1.54, 1.807) is 0 Å². The molecule has 1 unspecified atom stereocenters. The maximum Gasteiger partial charge on any atom is 0.0193 e. The van der Waals surface area contributed by atoms with Crippen LogP contribution in [0.15, 0.2) is 0 Å². The van der Waals surface area contributed by atoms with Crippen molar-refractivity contribution >= 4 is 0 Å². The summed E-state index contributed by atoms with van der Waals surface area (Å²) < 4.78 is 0. The summed E-state index contributed by atoms with van der Waals surface area (Å²) in [6, 6.07) is 1.48. The lowest BCUT2D eigenvalue weighted by atomic mass is 9.99. The van der Waals surface area contributed by atoms with Gasteiger partial charge in [-0.3, -0.25) is 0 Å². The summed E-state index contributed by atoms with van der Waals surface area (Å²) in [5, 5.41) is 7.24. The molecular weight excluding hydrogens is 172 g/mol. The zero-order valence-corrected chi connectivity index (χ0v) is 9.39. The van der Waals surface area contributed by atoms with Crippen molar-refractivity contribution in [2.45, 2.75) is 57.5 Å². The largest absolute Gasteiger partial charge is 0.313 e. The summed E-state index contributed by atoms with van der Waals surface area (Å²) in [5.41, 5.74) is 0. The molecule has 1 aliphatic heterocycles. The fourth-order valence-electron chi connectivity index (χ4n) is 2.88. The summed E-state index contributed by atoms with van der Waals surface area (Å²) in [7, 11) is 0. The SMILES string of the molecule is C[C@H](NCC1CCCN1)C1CCCC1. The van der Waals surface area contributed by atoms with E-state index in [4.69, 9.17) is 0 Å². The van der Waals surface area contributed by atoms with Gasteiger partial charge < -0.3 is 10.6 Å². The van der Waals surface area contributed by atoms with Gasteiger partial charge in [-0.1, -0.05) is 12.8 Å². The lowest BCUT2D eigenvalue weighted by Crippen LogP contribution is -2.41. The minimum atomic E-state index is 0.736. The Morgan fingerprint density at radius 3 is 2.64 bits per heavy atom. The van der Waals surface area contributed by atoms with Gasteiger partial charge in [-0.2, -0.15) is 0 Å². The van der Waals surface area contributed by atoms with Crippen molar-refractivity contribution in [2.75, 3.05) is 13.1 Å². The number of hydrogen-bond acceptors (Lipinski definition) is 2. The number of nitrogens with one attached hydrogen (secondary N) is 2. The molecule has 0 radical (unpaired) electrons. The molecule has 1 heterocycles. The molecule has 0 amide bonds. The predicted octanol–water partition coefficient (Wildman–Crippen LogP) is 1.91. The lowest BCUT2D eigenvalue weighted by molar-refractivity contribution is 0.365. The Bertz CT molecular complexity index is 158. The minimum Gasteiger partial charge on any atom is -0.313 e. The van der Waals surface area contributed by atoms with Crippen molar-refractivity contribution < 1.29 is 0 Å². The van der Waals surface area contributed by atoms with Crippen LogP contribution in [0, 0.1) is 5.92 Å². The smallest absolute Gasteiger partial charge is 0.0193 e. The van der Waals surface area contributed by atoms with Gasteiger partial charge in [-0.15, -0.1) is 0 Å². The van der Waals surface area contributed by atoms with E-state index in [1.807, 2.05) is 0 Å². The zero-order valence-electron chi connectivity index (χ0n) is 9.39. The lowest BCUT2D eigenvalue weighted by Gasteiger charge is -2.22. The Hall–Kier alpha value is -0.0800. The fourth-order valence-corrected chi connectivity index (χ4v) is 2.88. The molecule has 2 atom stereocenters. The van der Waals surface area contributed by atoms with Crippen molar-refractivity contribution in [1.82, 2.24) is 10.6 Å². The van der Waals surface area contributed by atoms with Crippen LogP contribution in [0.1, 0.15) is 45.4 Å².